The average Bonchev–Trinajstić information content (AvgIpc) is 2.33. The van der Waals surface area contributed by atoms with Gasteiger partial charge in [-0.3, -0.25) is 0 Å². The van der Waals surface area contributed by atoms with E-state index in [9.17, 15) is 0 Å². The molecule has 1 heterocycles. The van der Waals surface area contributed by atoms with E-state index in [1.165, 1.54) is 37.8 Å². The summed E-state index contributed by atoms with van der Waals surface area (Å²) in [5, 5.41) is 3.57. The molecule has 1 fully saturated rings. The second-order valence-electron chi connectivity index (χ2n) is 3.94. The quantitative estimate of drug-likeness (QED) is 0.446. The van der Waals surface area contributed by atoms with Crippen molar-refractivity contribution in [2.45, 2.75) is 31.7 Å². The predicted octanol–water partition coefficient (Wildman–Crippen LogP) is 3.25. The van der Waals surface area contributed by atoms with Crippen LogP contribution in [0.1, 0.15) is 24.8 Å². The molecule has 1 saturated heterocycles. The molecule has 16 heavy (non-hydrogen) atoms. The Hall–Kier alpha value is -1.51. The minimum Gasteiger partial charge on any atom is -0.314 e. The Morgan fingerprint density at radius 1 is 1.31 bits per heavy atom. The van der Waals surface area contributed by atoms with Gasteiger partial charge in [0.15, 0.2) is 0 Å². The van der Waals surface area contributed by atoms with E-state index in [2.05, 4.69) is 35.6 Å². The highest BCUT2D eigenvalue weighted by Crippen LogP contribution is 2.12. The van der Waals surface area contributed by atoms with Gasteiger partial charge < -0.3 is 5.32 Å². The van der Waals surface area contributed by atoms with Crippen LogP contribution in [0.25, 0.3) is 10.4 Å². The molecule has 0 saturated carbocycles. The zero-order chi connectivity index (χ0) is 11.6. The summed E-state index contributed by atoms with van der Waals surface area (Å²) in [6.07, 6.45) is 5.28. The first-order valence-electron chi connectivity index (χ1n) is 5.65. The zero-order valence-electron chi connectivity index (χ0n) is 9.39. The summed E-state index contributed by atoms with van der Waals surface area (Å²) in [5.41, 5.74) is 13.7. The molecule has 1 aliphatic rings. The summed E-state index contributed by atoms with van der Waals surface area (Å²) in [6, 6.07) is 11.5. The van der Waals surface area contributed by atoms with Crippen LogP contribution in [0, 0.1) is 5.53 Å². The van der Waals surface area contributed by atoms with E-state index in [1.54, 1.807) is 4.91 Å². The van der Waals surface area contributed by atoms with Crippen molar-refractivity contribution < 1.29 is 0 Å². The summed E-state index contributed by atoms with van der Waals surface area (Å²) >= 11 is 0. The molecule has 0 radical (unpaired) electrons. The highest BCUT2D eigenvalue weighted by atomic mass is 15.0. The Labute approximate surface area is 96.1 Å². The molecule has 1 aromatic rings. The monoisotopic (exact) mass is 218 g/mol. The molecule has 0 bridgehead atoms. The van der Waals surface area contributed by atoms with Gasteiger partial charge in [0.05, 0.1) is 0 Å². The molecule has 4 heteroatoms. The standard InChI is InChI=1S/C12H17N.HN3/c1-2-6-11(7-3-1)10-12-8-4-5-9-13-12;1-3-2/h1-3,6-7,12-13H,4-5,8-10H2;1H/t12-;/m1./s1. The van der Waals surface area contributed by atoms with Gasteiger partial charge in [-0.25, -0.2) is 0 Å². The molecule has 86 valence electrons. The maximum atomic E-state index is 6.86. The van der Waals surface area contributed by atoms with Gasteiger partial charge in [-0.15, -0.1) is 5.53 Å². The van der Waals surface area contributed by atoms with E-state index in [0.717, 1.165) is 6.04 Å². The number of hydrogen-bond donors (Lipinski definition) is 2. The molecular weight excluding hydrogens is 200 g/mol. The van der Waals surface area contributed by atoms with Gasteiger partial charge in [0.1, 0.15) is 0 Å². The van der Waals surface area contributed by atoms with Crippen molar-refractivity contribution in [2.24, 2.45) is 0 Å². The second-order valence-corrected chi connectivity index (χ2v) is 3.94. The normalized spacial score (nSPS) is 19.1. The SMILES string of the molecule is [N-]=[N+]=N.c1ccc(C[C@H]2CCCCN2)cc1. The van der Waals surface area contributed by atoms with Crippen molar-refractivity contribution in [3.63, 3.8) is 0 Å². The molecule has 1 atom stereocenters. The van der Waals surface area contributed by atoms with E-state index >= 15 is 0 Å². The lowest BCUT2D eigenvalue weighted by Crippen LogP contribution is -2.35. The van der Waals surface area contributed by atoms with E-state index in [0.29, 0.717) is 0 Å². The first-order valence-corrected chi connectivity index (χ1v) is 5.65. The first kappa shape index (κ1) is 12.6. The summed E-state index contributed by atoms with van der Waals surface area (Å²) < 4.78 is 0. The van der Waals surface area contributed by atoms with Gasteiger partial charge in [0.2, 0.25) is 0 Å². The van der Waals surface area contributed by atoms with E-state index < -0.39 is 0 Å². The van der Waals surface area contributed by atoms with Crippen molar-refractivity contribution in [3.8, 4) is 0 Å². The third-order valence-corrected chi connectivity index (χ3v) is 2.74. The van der Waals surface area contributed by atoms with Crippen LogP contribution in [0.5, 0.6) is 0 Å². The number of nitrogens with one attached hydrogen (secondary N) is 2. The summed E-state index contributed by atoms with van der Waals surface area (Å²) in [4.78, 5) is 1.75. The Morgan fingerprint density at radius 2 is 2.00 bits per heavy atom. The molecule has 2 N–H and O–H groups in total. The smallest absolute Gasteiger partial charge is 0.0107 e. The van der Waals surface area contributed by atoms with Crippen LogP contribution in [0.3, 0.4) is 0 Å². The number of hydrogen-bond acceptors (Lipinski definition) is 2. The number of nitrogens with zero attached hydrogens (tertiary/aromatic N) is 2. The Bertz CT molecular complexity index is 311. The van der Waals surface area contributed by atoms with Gasteiger partial charge >= 0.3 is 0 Å². The molecule has 0 unspecified atom stereocenters. The Balaban J connectivity index is 0.000000386. The fourth-order valence-corrected chi connectivity index (χ4v) is 2.00. The fraction of sp³-hybridized carbons (Fsp3) is 0.500. The highest BCUT2D eigenvalue weighted by Gasteiger charge is 2.12. The van der Waals surface area contributed by atoms with Crippen LogP contribution in [-0.2, 0) is 6.42 Å². The molecule has 1 aromatic carbocycles. The fourth-order valence-electron chi connectivity index (χ4n) is 2.00. The van der Waals surface area contributed by atoms with Crippen molar-refractivity contribution in [2.75, 3.05) is 6.54 Å². The van der Waals surface area contributed by atoms with E-state index in [1.807, 2.05) is 0 Å². The lowest BCUT2D eigenvalue weighted by molar-refractivity contribution is 0.399. The summed E-state index contributed by atoms with van der Waals surface area (Å²) in [5.74, 6) is 0. The molecule has 2 rings (SSSR count). The number of rotatable bonds is 2. The lowest BCUT2D eigenvalue weighted by Gasteiger charge is -2.23. The molecule has 0 amide bonds. The maximum Gasteiger partial charge on any atom is 0.0107 e. The van der Waals surface area contributed by atoms with Crippen LogP contribution in [0.4, 0.5) is 0 Å². The van der Waals surface area contributed by atoms with Crippen molar-refractivity contribution in [3.05, 3.63) is 46.3 Å². The van der Waals surface area contributed by atoms with Crippen molar-refractivity contribution in [1.29, 1.82) is 5.53 Å². The van der Waals surface area contributed by atoms with Crippen LogP contribution < -0.4 is 5.32 Å². The maximum absolute atomic E-state index is 6.86. The van der Waals surface area contributed by atoms with Gasteiger partial charge in [-0.05, 0) is 41.8 Å². The topological polar surface area (TPSA) is 72.3 Å². The van der Waals surface area contributed by atoms with Gasteiger partial charge in [0, 0.05) is 6.04 Å². The molecule has 4 nitrogen and oxygen atoms in total. The zero-order valence-corrected chi connectivity index (χ0v) is 9.39. The van der Waals surface area contributed by atoms with Crippen LogP contribution in [-0.4, -0.2) is 12.6 Å². The van der Waals surface area contributed by atoms with Gasteiger partial charge in [-0.2, -0.15) is 0 Å². The van der Waals surface area contributed by atoms with Gasteiger partial charge in [0.25, 0.3) is 0 Å². The summed E-state index contributed by atoms with van der Waals surface area (Å²) in [6.45, 7) is 1.21. The molecule has 0 spiro atoms. The Kier molecular flexibility index (Phi) is 6.07. The van der Waals surface area contributed by atoms with Crippen molar-refractivity contribution >= 4 is 0 Å². The van der Waals surface area contributed by atoms with Gasteiger partial charge in [-0.1, -0.05) is 36.8 Å². The minimum absolute atomic E-state index is 0.719. The van der Waals surface area contributed by atoms with Crippen LogP contribution in [0.2, 0.25) is 0 Å². The molecular formula is C12H18N4. The molecule has 0 aliphatic carbocycles. The third kappa shape index (κ3) is 4.82. The van der Waals surface area contributed by atoms with Crippen LogP contribution in [0.15, 0.2) is 30.3 Å². The second kappa shape index (κ2) is 7.74. The largest absolute Gasteiger partial charge is 0.314 e. The number of piperidine rings is 1. The third-order valence-electron chi connectivity index (χ3n) is 2.74. The van der Waals surface area contributed by atoms with E-state index in [-0.39, 0.29) is 0 Å². The highest BCUT2D eigenvalue weighted by molar-refractivity contribution is 5.15. The predicted molar refractivity (Wildman–Crippen MR) is 65.2 cm³/mol. The molecule has 0 aromatic heterocycles. The lowest BCUT2D eigenvalue weighted by atomic mass is 9.98. The van der Waals surface area contributed by atoms with Crippen molar-refractivity contribution in [1.82, 2.24) is 5.32 Å². The van der Waals surface area contributed by atoms with E-state index in [4.69, 9.17) is 11.1 Å². The Morgan fingerprint density at radius 3 is 2.56 bits per heavy atom. The average molecular weight is 218 g/mol. The van der Waals surface area contributed by atoms with Crippen LogP contribution >= 0.6 is 0 Å². The number of benzene rings is 1. The minimum atomic E-state index is 0.719. The first-order chi connectivity index (χ1) is 7.86. The summed E-state index contributed by atoms with van der Waals surface area (Å²) in [7, 11) is 0. The molecule has 1 aliphatic heterocycles.